The van der Waals surface area contributed by atoms with Crippen molar-refractivity contribution in [2.45, 2.75) is 70.5 Å². The average molecular weight is 330 g/mol. The first-order valence-corrected chi connectivity index (χ1v) is 9.46. The fourth-order valence-electron chi connectivity index (χ4n) is 4.31. The molecule has 132 valence electrons. The maximum absolute atomic E-state index is 12.6. The third-order valence-electron chi connectivity index (χ3n) is 5.38. The van der Waals surface area contributed by atoms with Gasteiger partial charge >= 0.3 is 0 Å². The zero-order valence-electron chi connectivity index (χ0n) is 14.9. The van der Waals surface area contributed by atoms with E-state index in [1.54, 1.807) is 0 Å². The Hall–Kier alpha value is -1.55. The molecule has 0 spiro atoms. The summed E-state index contributed by atoms with van der Waals surface area (Å²) < 4.78 is 5.73. The predicted octanol–water partition coefficient (Wildman–Crippen LogP) is 3.57. The summed E-state index contributed by atoms with van der Waals surface area (Å²) in [6, 6.07) is 9.34. The minimum atomic E-state index is 0.0266. The van der Waals surface area contributed by atoms with Gasteiger partial charge in [0.05, 0.1) is 12.6 Å². The molecule has 2 heterocycles. The van der Waals surface area contributed by atoms with Crippen LogP contribution in [0.4, 0.5) is 0 Å². The molecule has 0 aliphatic carbocycles. The van der Waals surface area contributed by atoms with E-state index in [2.05, 4.69) is 23.6 Å². The second-order valence-corrected chi connectivity index (χ2v) is 7.18. The van der Waals surface area contributed by atoms with E-state index in [1.165, 1.54) is 12.8 Å². The molecule has 2 fully saturated rings. The fraction of sp³-hybridized carbons (Fsp3) is 0.650. The molecule has 4 nitrogen and oxygen atoms in total. The van der Waals surface area contributed by atoms with Crippen molar-refractivity contribution < 1.29 is 9.53 Å². The van der Waals surface area contributed by atoms with E-state index in [4.69, 9.17) is 4.74 Å². The summed E-state index contributed by atoms with van der Waals surface area (Å²) in [6.07, 6.45) is 6.38. The number of piperidine rings is 1. The highest BCUT2D eigenvalue weighted by molar-refractivity contribution is 5.76. The van der Waals surface area contributed by atoms with Crippen LogP contribution in [0, 0.1) is 5.92 Å². The Morgan fingerprint density at radius 1 is 1.25 bits per heavy atom. The molecule has 3 rings (SSSR count). The van der Waals surface area contributed by atoms with Crippen LogP contribution in [0.2, 0.25) is 0 Å². The van der Waals surface area contributed by atoms with Crippen LogP contribution in [0.5, 0.6) is 5.75 Å². The highest BCUT2D eigenvalue weighted by atomic mass is 16.5. The molecule has 0 aromatic heterocycles. The zero-order chi connectivity index (χ0) is 16.9. The molecule has 2 aliphatic heterocycles. The summed E-state index contributed by atoms with van der Waals surface area (Å²) in [7, 11) is 0. The summed E-state index contributed by atoms with van der Waals surface area (Å²) >= 11 is 0. The Kier molecular flexibility index (Phi) is 5.77. The van der Waals surface area contributed by atoms with Gasteiger partial charge in [0.25, 0.3) is 0 Å². The van der Waals surface area contributed by atoms with E-state index in [0.29, 0.717) is 31.0 Å². The second-order valence-electron chi connectivity index (χ2n) is 7.18. The molecule has 1 aromatic rings. The number of rotatable bonds is 7. The van der Waals surface area contributed by atoms with Gasteiger partial charge in [0.15, 0.2) is 0 Å². The Balaban J connectivity index is 1.59. The SMILES string of the molecule is CCOc1ccccc1C(CC)NC(=O)CC1CC2CCC(C1)N2. The molecule has 1 aromatic carbocycles. The van der Waals surface area contributed by atoms with Crippen molar-refractivity contribution >= 4 is 5.91 Å². The summed E-state index contributed by atoms with van der Waals surface area (Å²) in [5.74, 6) is 1.59. The number of benzene rings is 1. The van der Waals surface area contributed by atoms with Gasteiger partial charge in [0, 0.05) is 24.1 Å². The molecule has 1 amide bonds. The van der Waals surface area contributed by atoms with Gasteiger partial charge in [-0.1, -0.05) is 25.1 Å². The van der Waals surface area contributed by atoms with Crippen molar-refractivity contribution in [3.63, 3.8) is 0 Å². The molecular formula is C20H30N2O2. The lowest BCUT2D eigenvalue weighted by molar-refractivity contribution is -0.123. The molecule has 2 bridgehead atoms. The lowest BCUT2D eigenvalue weighted by atomic mass is 9.89. The van der Waals surface area contributed by atoms with Gasteiger partial charge < -0.3 is 15.4 Å². The molecule has 2 N–H and O–H groups in total. The smallest absolute Gasteiger partial charge is 0.220 e. The highest BCUT2D eigenvalue weighted by Crippen LogP contribution is 2.33. The van der Waals surface area contributed by atoms with Gasteiger partial charge in [-0.05, 0) is 51.0 Å². The van der Waals surface area contributed by atoms with E-state index in [0.717, 1.165) is 30.6 Å². The highest BCUT2D eigenvalue weighted by Gasteiger charge is 2.34. The maximum atomic E-state index is 12.6. The molecular weight excluding hydrogens is 300 g/mol. The van der Waals surface area contributed by atoms with E-state index >= 15 is 0 Å². The van der Waals surface area contributed by atoms with Crippen LogP contribution in [0.15, 0.2) is 24.3 Å². The third-order valence-corrected chi connectivity index (χ3v) is 5.38. The minimum Gasteiger partial charge on any atom is -0.494 e. The topological polar surface area (TPSA) is 50.4 Å². The molecule has 3 atom stereocenters. The molecule has 2 aliphatic rings. The first-order chi connectivity index (χ1) is 11.7. The first-order valence-electron chi connectivity index (χ1n) is 9.46. The summed E-state index contributed by atoms with van der Waals surface area (Å²) in [6.45, 7) is 4.74. The van der Waals surface area contributed by atoms with Crippen LogP contribution in [-0.4, -0.2) is 24.6 Å². The number of hydrogen-bond acceptors (Lipinski definition) is 3. The van der Waals surface area contributed by atoms with E-state index in [9.17, 15) is 4.79 Å². The Bertz CT molecular complexity index is 548. The van der Waals surface area contributed by atoms with E-state index in [1.807, 2.05) is 25.1 Å². The maximum Gasteiger partial charge on any atom is 0.220 e. The van der Waals surface area contributed by atoms with Crippen molar-refractivity contribution in [3.8, 4) is 5.75 Å². The predicted molar refractivity (Wildman–Crippen MR) is 96.1 cm³/mol. The number of carbonyl (C=O) groups excluding carboxylic acids is 1. The van der Waals surface area contributed by atoms with Crippen LogP contribution >= 0.6 is 0 Å². The van der Waals surface area contributed by atoms with Crippen molar-refractivity contribution in [3.05, 3.63) is 29.8 Å². The van der Waals surface area contributed by atoms with Gasteiger partial charge in [-0.3, -0.25) is 4.79 Å². The quantitative estimate of drug-likeness (QED) is 0.803. The summed E-state index contributed by atoms with van der Waals surface area (Å²) in [5.41, 5.74) is 1.08. The number of hydrogen-bond donors (Lipinski definition) is 2. The van der Waals surface area contributed by atoms with Crippen molar-refractivity contribution in [2.24, 2.45) is 5.92 Å². The summed E-state index contributed by atoms with van der Waals surface area (Å²) in [5, 5.41) is 6.88. The van der Waals surface area contributed by atoms with E-state index < -0.39 is 0 Å². The van der Waals surface area contributed by atoms with Gasteiger partial charge in [-0.25, -0.2) is 0 Å². The zero-order valence-corrected chi connectivity index (χ0v) is 14.9. The number of nitrogens with one attached hydrogen (secondary N) is 2. The van der Waals surface area contributed by atoms with Gasteiger partial charge in [-0.2, -0.15) is 0 Å². The molecule has 4 heteroatoms. The fourth-order valence-corrected chi connectivity index (χ4v) is 4.31. The Labute approximate surface area is 145 Å². The first kappa shape index (κ1) is 17.3. The molecule has 0 radical (unpaired) electrons. The molecule has 0 saturated carbocycles. The Morgan fingerprint density at radius 3 is 2.62 bits per heavy atom. The number of para-hydroxylation sites is 1. The van der Waals surface area contributed by atoms with Crippen molar-refractivity contribution in [2.75, 3.05) is 6.61 Å². The Morgan fingerprint density at radius 2 is 1.96 bits per heavy atom. The number of fused-ring (bicyclic) bond motifs is 2. The van der Waals surface area contributed by atoms with Crippen LogP contribution in [0.3, 0.4) is 0 Å². The van der Waals surface area contributed by atoms with Crippen LogP contribution in [-0.2, 0) is 4.79 Å². The lowest BCUT2D eigenvalue weighted by Gasteiger charge is -2.29. The summed E-state index contributed by atoms with van der Waals surface area (Å²) in [4.78, 5) is 12.6. The van der Waals surface area contributed by atoms with Crippen LogP contribution < -0.4 is 15.4 Å². The average Bonchev–Trinajstić information content (AvgIpc) is 2.92. The third kappa shape index (κ3) is 4.10. The number of carbonyl (C=O) groups is 1. The van der Waals surface area contributed by atoms with E-state index in [-0.39, 0.29) is 11.9 Å². The molecule has 24 heavy (non-hydrogen) atoms. The number of ether oxygens (including phenoxy) is 1. The van der Waals surface area contributed by atoms with Gasteiger partial charge in [0.2, 0.25) is 5.91 Å². The van der Waals surface area contributed by atoms with Gasteiger partial charge in [-0.15, -0.1) is 0 Å². The molecule has 3 unspecified atom stereocenters. The monoisotopic (exact) mass is 330 g/mol. The van der Waals surface area contributed by atoms with Crippen molar-refractivity contribution in [1.82, 2.24) is 10.6 Å². The number of amides is 1. The lowest BCUT2D eigenvalue weighted by Crippen LogP contribution is -2.40. The normalized spacial score (nSPS) is 26.8. The minimum absolute atomic E-state index is 0.0266. The second kappa shape index (κ2) is 8.02. The molecule has 2 saturated heterocycles. The van der Waals surface area contributed by atoms with Crippen LogP contribution in [0.1, 0.15) is 64.0 Å². The van der Waals surface area contributed by atoms with Crippen LogP contribution in [0.25, 0.3) is 0 Å². The largest absolute Gasteiger partial charge is 0.494 e. The standard InChI is InChI=1S/C20H30N2O2/c1-3-18(17-7-5-6-8-19(17)24-4-2)22-20(23)13-14-11-15-9-10-16(12-14)21-15/h5-8,14-16,18,21H,3-4,9-13H2,1-2H3,(H,22,23). The van der Waals surface area contributed by atoms with Gasteiger partial charge in [0.1, 0.15) is 5.75 Å². The van der Waals surface area contributed by atoms with Crippen molar-refractivity contribution in [1.29, 1.82) is 0 Å².